The van der Waals surface area contributed by atoms with Gasteiger partial charge >= 0.3 is 0 Å². The van der Waals surface area contributed by atoms with Crippen molar-refractivity contribution in [3.05, 3.63) is 0 Å². The van der Waals surface area contributed by atoms with Crippen LogP contribution in [0.2, 0.25) is 0 Å². The van der Waals surface area contributed by atoms with Gasteiger partial charge in [0.1, 0.15) is 48.3 Å². The van der Waals surface area contributed by atoms with Gasteiger partial charge in [-0.2, -0.15) is 0 Å². The highest BCUT2D eigenvalue weighted by atomic mass is 16.2. The molecule has 0 aromatic rings. The van der Waals surface area contributed by atoms with Crippen molar-refractivity contribution in [2.75, 3.05) is 55.9 Å². The van der Waals surface area contributed by atoms with Crippen molar-refractivity contribution in [2.24, 2.45) is 41.2 Å². The van der Waals surface area contributed by atoms with E-state index in [1.807, 2.05) is 69.2 Å². The maximum absolute atomic E-state index is 14.5. The molecule has 0 aliphatic rings. The lowest BCUT2D eigenvalue weighted by atomic mass is 9.96. The van der Waals surface area contributed by atoms with E-state index in [1.165, 1.54) is 85.5 Å². The van der Waals surface area contributed by atoms with Crippen molar-refractivity contribution < 1.29 is 47.9 Å². The van der Waals surface area contributed by atoms with Gasteiger partial charge in [0.15, 0.2) is 0 Å². The van der Waals surface area contributed by atoms with Crippen LogP contribution in [0.25, 0.3) is 0 Å². The molecule has 21 nitrogen and oxygen atoms in total. The van der Waals surface area contributed by atoms with Crippen LogP contribution in [0.3, 0.4) is 0 Å². The predicted octanol–water partition coefficient (Wildman–Crippen LogP) is 2.05. The number of nitrogens with two attached hydrogens (primary N) is 1. The Morgan fingerprint density at radius 1 is 0.419 bits per heavy atom. The third kappa shape index (κ3) is 20.4. The minimum absolute atomic E-state index is 0.0126. The first-order valence-electron chi connectivity index (χ1n) is 26.5. The first-order valence-corrected chi connectivity index (χ1v) is 26.5. The first kappa shape index (κ1) is 68.7. The van der Waals surface area contributed by atoms with Crippen molar-refractivity contribution in [2.45, 2.75) is 190 Å². The maximum atomic E-state index is 14.5. The van der Waals surface area contributed by atoms with E-state index in [-0.39, 0.29) is 61.3 Å². The van der Waals surface area contributed by atoms with Crippen LogP contribution in [-0.2, 0) is 47.9 Å². The molecule has 0 aliphatic heterocycles. The Bertz CT molecular complexity index is 1910. The molecule has 0 saturated carbocycles. The first-order chi connectivity index (χ1) is 34.0. The molecule has 0 fully saturated rings. The monoisotopic (exact) mass is 1050 g/mol. The van der Waals surface area contributed by atoms with Crippen molar-refractivity contribution in [1.29, 1.82) is 0 Å². The van der Waals surface area contributed by atoms with Crippen molar-refractivity contribution in [1.82, 2.24) is 50.7 Å². The number of carbonyl (C=O) groups excluding carboxylic acids is 10. The zero-order chi connectivity index (χ0) is 58.0. The molecule has 21 heteroatoms. The number of amides is 10. The second-order valence-corrected chi connectivity index (χ2v) is 22.6. The highest BCUT2D eigenvalue weighted by Crippen LogP contribution is 2.22. The summed E-state index contributed by atoms with van der Waals surface area (Å²) in [7, 11) is 10.4. The summed E-state index contributed by atoms with van der Waals surface area (Å²) >= 11 is 0. The molecule has 0 aromatic heterocycles. The fourth-order valence-corrected chi connectivity index (χ4v) is 8.75. The van der Waals surface area contributed by atoms with E-state index in [4.69, 9.17) is 5.73 Å². The van der Waals surface area contributed by atoms with Gasteiger partial charge in [0.2, 0.25) is 59.1 Å². The molecule has 0 bridgehead atoms. The minimum Gasteiger partial charge on any atom is -0.357 e. The number of hydrogen-bond acceptors (Lipinski definition) is 11. The van der Waals surface area contributed by atoms with Crippen LogP contribution in [0.1, 0.15) is 136 Å². The lowest BCUT2D eigenvalue weighted by Crippen LogP contribution is -2.61. The third-order valence-corrected chi connectivity index (χ3v) is 13.4. The average Bonchev–Trinajstić information content (AvgIpc) is 3.31. The van der Waals surface area contributed by atoms with Crippen molar-refractivity contribution in [3.8, 4) is 0 Å². The second-order valence-electron chi connectivity index (χ2n) is 22.6. The number of nitrogens with zero attached hydrogens (tertiary/aromatic N) is 6. The zero-order valence-corrected chi connectivity index (χ0v) is 49.2. The van der Waals surface area contributed by atoms with Gasteiger partial charge in [-0.25, -0.2) is 0 Å². The quantitative estimate of drug-likeness (QED) is 0.0696. The van der Waals surface area contributed by atoms with E-state index < -0.39 is 113 Å². The largest absolute Gasteiger partial charge is 0.357 e. The van der Waals surface area contributed by atoms with E-state index in [9.17, 15) is 47.9 Å². The summed E-state index contributed by atoms with van der Waals surface area (Å²) in [5.74, 6) is -6.15. The molecule has 0 saturated heterocycles. The van der Waals surface area contributed by atoms with E-state index in [0.29, 0.717) is 12.8 Å². The van der Waals surface area contributed by atoms with Gasteiger partial charge in [0.25, 0.3) is 0 Å². The van der Waals surface area contributed by atoms with E-state index >= 15 is 0 Å². The maximum Gasteiger partial charge on any atom is 0.245 e. The summed E-state index contributed by atoms with van der Waals surface area (Å²) < 4.78 is 0. The Labute approximate surface area is 443 Å². The molecular formula is C53H99N11O10. The molecule has 6 N–H and O–H groups in total. The van der Waals surface area contributed by atoms with Gasteiger partial charge in [-0.15, -0.1) is 0 Å². The normalized spacial score (nSPS) is 15.3. The molecule has 9 atom stereocenters. The summed E-state index contributed by atoms with van der Waals surface area (Å²) in [6, 6.07) is -9.11. The number of carbonyl (C=O) groups is 10. The zero-order valence-electron chi connectivity index (χ0n) is 49.2. The molecule has 0 unspecified atom stereocenters. The van der Waals surface area contributed by atoms with Crippen LogP contribution in [0.4, 0.5) is 0 Å². The van der Waals surface area contributed by atoms with Gasteiger partial charge in [0.05, 0.1) is 12.6 Å². The molecule has 0 spiro atoms. The topological polar surface area (TPSA) is 264 Å². The Morgan fingerprint density at radius 3 is 1.20 bits per heavy atom. The number of hydrogen-bond donors (Lipinski definition) is 5. The Morgan fingerprint density at radius 2 is 0.797 bits per heavy atom. The Kier molecular flexibility index (Phi) is 29.2. The smallest absolute Gasteiger partial charge is 0.245 e. The molecule has 74 heavy (non-hydrogen) atoms. The van der Waals surface area contributed by atoms with Crippen LogP contribution < -0.4 is 27.0 Å². The third-order valence-electron chi connectivity index (χ3n) is 13.4. The average molecular weight is 1050 g/mol. The number of rotatable bonds is 30. The molecule has 0 radical (unpaired) electrons. The lowest BCUT2D eigenvalue weighted by Gasteiger charge is -2.39. The fourth-order valence-electron chi connectivity index (χ4n) is 8.75. The van der Waals surface area contributed by atoms with Gasteiger partial charge in [-0.3, -0.25) is 47.9 Å². The highest BCUT2D eigenvalue weighted by molar-refractivity contribution is 5.98. The summed E-state index contributed by atoms with van der Waals surface area (Å²) in [5.41, 5.74) is 5.90. The summed E-state index contributed by atoms with van der Waals surface area (Å²) in [6.45, 7) is 26.7. The highest BCUT2D eigenvalue weighted by Gasteiger charge is 2.41. The Hall–Kier alpha value is -5.34. The Balaban J connectivity index is 6.48. The molecule has 0 heterocycles. The van der Waals surface area contributed by atoms with E-state index in [1.54, 1.807) is 27.8 Å². The second kappa shape index (κ2) is 31.5. The van der Waals surface area contributed by atoms with Crippen LogP contribution in [0, 0.1) is 35.5 Å². The standard InChI is InChI=1S/C53H99N11O10/c1-23-37(54)50(71)59(17)28-42(65)60(18)38(24-29(2)3)47(68)58-43(33(10)11)53(74)61(19)39(25-30(4)5)46(67)56-35(14)45(66)57-36(15)49(70)62(20)40(26-31(6)7)51(72)63(21)41(27-32(8)9)52(73)64(22)44(34(12)13)48(69)55-16/h29-41,43-44H,23-28,54H2,1-22H3,(H,55,69)(H,56,67)(H,57,66)(H,58,68)/t35-,36+,37-,38-,39-,40-,41-,43-,44-/m0/s1. The lowest BCUT2D eigenvalue weighted by molar-refractivity contribution is -0.153. The van der Waals surface area contributed by atoms with Crippen LogP contribution in [-0.4, -0.2) is 199 Å². The summed E-state index contributed by atoms with van der Waals surface area (Å²) in [6.07, 6.45) is 1.36. The van der Waals surface area contributed by atoms with Crippen LogP contribution >= 0.6 is 0 Å². The van der Waals surface area contributed by atoms with Crippen LogP contribution in [0.5, 0.6) is 0 Å². The SMILES string of the molecule is CC[C@H](N)C(=O)N(C)CC(=O)N(C)[C@@H](CC(C)C)C(=O)N[C@H](C(=O)N(C)[C@@H](CC(C)C)C(=O)N[C@@H](C)C(=O)N[C@H](C)C(=O)N(C)[C@@H](CC(C)C)C(=O)N(C)[C@@H](CC(C)C)C(=O)N(C)[C@H](C(=O)NC)C(C)C)C(C)C. The molecule has 0 rings (SSSR count). The molecule has 0 aromatic carbocycles. The fraction of sp³-hybridized carbons (Fsp3) is 0.811. The van der Waals surface area contributed by atoms with E-state index in [0.717, 1.165) is 0 Å². The van der Waals surface area contributed by atoms with Gasteiger partial charge < -0.3 is 56.4 Å². The molecule has 10 amide bonds. The van der Waals surface area contributed by atoms with Crippen molar-refractivity contribution in [3.63, 3.8) is 0 Å². The minimum atomic E-state index is -1.19. The van der Waals surface area contributed by atoms with Gasteiger partial charge in [-0.1, -0.05) is 90.0 Å². The van der Waals surface area contributed by atoms with Gasteiger partial charge in [-0.05, 0) is 81.5 Å². The summed E-state index contributed by atoms with van der Waals surface area (Å²) in [5, 5.41) is 10.8. The van der Waals surface area contributed by atoms with Gasteiger partial charge in [0, 0.05) is 49.3 Å². The molecular weight excluding hydrogens is 951 g/mol. The van der Waals surface area contributed by atoms with Crippen molar-refractivity contribution >= 4 is 59.1 Å². The number of likely N-dealkylation sites (N-methyl/N-ethyl adjacent to an activating group) is 7. The predicted molar refractivity (Wildman–Crippen MR) is 287 cm³/mol. The molecule has 0 aliphatic carbocycles. The number of nitrogens with one attached hydrogen (secondary N) is 4. The van der Waals surface area contributed by atoms with Crippen LogP contribution in [0.15, 0.2) is 0 Å². The molecule has 426 valence electrons. The summed E-state index contributed by atoms with van der Waals surface area (Å²) in [4.78, 5) is 146. The van der Waals surface area contributed by atoms with E-state index in [2.05, 4.69) is 21.3 Å².